The van der Waals surface area contributed by atoms with Gasteiger partial charge in [0.2, 0.25) is 5.91 Å². The Morgan fingerprint density at radius 1 is 1.04 bits per heavy atom. The Morgan fingerprint density at radius 2 is 1.69 bits per heavy atom. The van der Waals surface area contributed by atoms with Crippen LogP contribution in [0.15, 0.2) is 42.0 Å². The number of nitrogens with zero attached hydrogens (tertiary/aromatic N) is 2. The first kappa shape index (κ1) is 17.8. The van der Waals surface area contributed by atoms with E-state index >= 15 is 0 Å². The van der Waals surface area contributed by atoms with Crippen molar-refractivity contribution in [3.05, 3.63) is 58.7 Å². The highest BCUT2D eigenvalue weighted by Gasteiger charge is 2.14. The first-order chi connectivity index (χ1) is 12.4. The summed E-state index contributed by atoms with van der Waals surface area (Å²) in [5.41, 5.74) is 5.10. The van der Waals surface area contributed by atoms with Gasteiger partial charge in [-0.3, -0.25) is 19.9 Å². The van der Waals surface area contributed by atoms with Gasteiger partial charge in [-0.05, 0) is 49.2 Å². The Labute approximate surface area is 155 Å². The van der Waals surface area contributed by atoms with E-state index < -0.39 is 0 Å². The van der Waals surface area contributed by atoms with Crippen molar-refractivity contribution in [2.24, 2.45) is 0 Å². The molecule has 2 heterocycles. The molecule has 0 radical (unpaired) electrons. The summed E-state index contributed by atoms with van der Waals surface area (Å²) < 4.78 is 0. The average molecular weight is 366 g/mol. The van der Waals surface area contributed by atoms with Crippen LogP contribution in [0.4, 0.5) is 10.8 Å². The molecule has 0 fully saturated rings. The Morgan fingerprint density at radius 3 is 2.31 bits per heavy atom. The molecule has 1 aromatic carbocycles. The van der Waals surface area contributed by atoms with Crippen LogP contribution in [0.5, 0.6) is 0 Å². The molecule has 0 saturated carbocycles. The van der Waals surface area contributed by atoms with Crippen molar-refractivity contribution in [3.63, 3.8) is 0 Å². The van der Waals surface area contributed by atoms with Gasteiger partial charge in [-0.25, -0.2) is 4.98 Å². The van der Waals surface area contributed by atoms with E-state index in [1.54, 1.807) is 24.5 Å². The molecule has 3 rings (SSSR count). The Bertz CT molecular complexity index is 944. The maximum absolute atomic E-state index is 12.2. The quantitative estimate of drug-likeness (QED) is 0.730. The number of pyridine rings is 1. The molecule has 132 valence electrons. The van der Waals surface area contributed by atoms with Crippen LogP contribution >= 0.6 is 11.3 Å². The van der Waals surface area contributed by atoms with Crippen molar-refractivity contribution < 1.29 is 9.59 Å². The predicted molar refractivity (Wildman–Crippen MR) is 104 cm³/mol. The third-order valence-corrected chi connectivity index (χ3v) is 4.53. The number of carbonyl (C=O) groups is 2. The minimum absolute atomic E-state index is 0.105. The van der Waals surface area contributed by atoms with Gasteiger partial charge in [0.15, 0.2) is 5.13 Å². The summed E-state index contributed by atoms with van der Waals surface area (Å²) >= 11 is 1.37. The van der Waals surface area contributed by atoms with Crippen molar-refractivity contribution in [2.45, 2.75) is 20.8 Å². The first-order valence-electron chi connectivity index (χ1n) is 8.00. The molecule has 0 aliphatic rings. The smallest absolute Gasteiger partial charge is 0.257 e. The van der Waals surface area contributed by atoms with E-state index in [2.05, 4.69) is 20.6 Å². The van der Waals surface area contributed by atoms with Gasteiger partial charge in [0.25, 0.3) is 5.91 Å². The molecule has 2 aromatic heterocycles. The van der Waals surface area contributed by atoms with Gasteiger partial charge in [-0.2, -0.15) is 0 Å². The molecule has 0 bridgehead atoms. The minimum Gasteiger partial charge on any atom is -0.326 e. The summed E-state index contributed by atoms with van der Waals surface area (Å²) in [7, 11) is 0. The zero-order valence-electron chi connectivity index (χ0n) is 14.7. The number of hydrogen-bond acceptors (Lipinski definition) is 5. The van der Waals surface area contributed by atoms with Crippen LogP contribution in [-0.2, 0) is 4.79 Å². The van der Waals surface area contributed by atoms with Gasteiger partial charge >= 0.3 is 0 Å². The van der Waals surface area contributed by atoms with Gasteiger partial charge in [-0.1, -0.05) is 0 Å². The van der Waals surface area contributed by atoms with Gasteiger partial charge in [0.05, 0.1) is 5.69 Å². The molecular weight excluding hydrogens is 348 g/mol. The highest BCUT2D eigenvalue weighted by Crippen LogP contribution is 2.32. The Hall–Kier alpha value is -3.06. The lowest BCUT2D eigenvalue weighted by molar-refractivity contribution is -0.114. The third-order valence-electron chi connectivity index (χ3n) is 3.78. The summed E-state index contributed by atoms with van der Waals surface area (Å²) in [6.45, 7) is 5.43. The molecule has 0 saturated heterocycles. The van der Waals surface area contributed by atoms with Crippen molar-refractivity contribution in [3.8, 4) is 11.3 Å². The fourth-order valence-electron chi connectivity index (χ4n) is 2.76. The summed E-state index contributed by atoms with van der Waals surface area (Å²) in [6.07, 6.45) is 3.15. The molecule has 7 heteroatoms. The molecule has 2 amide bonds. The van der Waals surface area contributed by atoms with E-state index in [1.165, 1.54) is 18.3 Å². The standard InChI is InChI=1S/C19H18N4O2S/c1-11-8-15(21-13(3)24)9-12(2)17(11)16-10-26-19(22-16)23-18(25)14-4-6-20-7-5-14/h4-10H,1-3H3,(H,21,24)(H,22,23,25). The maximum Gasteiger partial charge on any atom is 0.257 e. The zero-order chi connectivity index (χ0) is 18.7. The lowest BCUT2D eigenvalue weighted by Crippen LogP contribution is -2.11. The second-order valence-corrected chi connectivity index (χ2v) is 6.75. The second kappa shape index (κ2) is 7.45. The predicted octanol–water partition coefficient (Wildman–Crippen LogP) is 4.03. The minimum atomic E-state index is -0.220. The van der Waals surface area contributed by atoms with Crippen molar-refractivity contribution in [1.29, 1.82) is 0 Å². The van der Waals surface area contributed by atoms with Crippen molar-refractivity contribution in [2.75, 3.05) is 10.6 Å². The fourth-order valence-corrected chi connectivity index (χ4v) is 3.46. The van der Waals surface area contributed by atoms with Crippen molar-refractivity contribution in [1.82, 2.24) is 9.97 Å². The zero-order valence-corrected chi connectivity index (χ0v) is 15.5. The van der Waals surface area contributed by atoms with E-state index in [4.69, 9.17) is 0 Å². The molecule has 0 unspecified atom stereocenters. The number of thiazole rings is 1. The number of anilines is 2. The number of benzene rings is 1. The van der Waals surface area contributed by atoms with E-state index in [0.29, 0.717) is 10.7 Å². The van der Waals surface area contributed by atoms with Crippen molar-refractivity contribution >= 4 is 34.0 Å². The molecule has 6 nitrogen and oxygen atoms in total. The topological polar surface area (TPSA) is 84.0 Å². The molecule has 0 atom stereocenters. The summed E-state index contributed by atoms with van der Waals surface area (Å²) in [5, 5.41) is 8.05. The molecular formula is C19H18N4O2S. The first-order valence-corrected chi connectivity index (χ1v) is 8.88. The molecule has 26 heavy (non-hydrogen) atoms. The average Bonchev–Trinajstić information content (AvgIpc) is 3.02. The SMILES string of the molecule is CC(=O)Nc1cc(C)c(-c2csc(NC(=O)c3ccncc3)n2)c(C)c1. The molecule has 0 aliphatic heterocycles. The van der Waals surface area contributed by atoms with E-state index in [0.717, 1.165) is 28.1 Å². The Balaban J connectivity index is 1.84. The van der Waals surface area contributed by atoms with Gasteiger partial charge < -0.3 is 5.32 Å². The lowest BCUT2D eigenvalue weighted by Gasteiger charge is -2.11. The molecule has 2 N–H and O–H groups in total. The summed E-state index contributed by atoms with van der Waals surface area (Å²) in [6, 6.07) is 7.13. The van der Waals surface area contributed by atoms with Crippen LogP contribution in [0.1, 0.15) is 28.4 Å². The highest BCUT2D eigenvalue weighted by atomic mass is 32.1. The fraction of sp³-hybridized carbons (Fsp3) is 0.158. The van der Waals surface area contributed by atoms with Gasteiger partial charge in [-0.15, -0.1) is 11.3 Å². The van der Waals surface area contributed by atoms with E-state index in [-0.39, 0.29) is 11.8 Å². The van der Waals surface area contributed by atoms with Crippen LogP contribution in [-0.4, -0.2) is 21.8 Å². The normalized spacial score (nSPS) is 10.4. The number of aromatic nitrogens is 2. The van der Waals surface area contributed by atoms with Crippen LogP contribution in [0.3, 0.4) is 0 Å². The molecule has 0 spiro atoms. The van der Waals surface area contributed by atoms with Crippen LogP contribution < -0.4 is 10.6 Å². The number of nitrogens with one attached hydrogen (secondary N) is 2. The molecule has 3 aromatic rings. The van der Waals surface area contributed by atoms with Gasteiger partial charge in [0, 0.05) is 41.5 Å². The van der Waals surface area contributed by atoms with E-state index in [9.17, 15) is 9.59 Å². The van der Waals surface area contributed by atoms with Crippen LogP contribution in [0.25, 0.3) is 11.3 Å². The summed E-state index contributed by atoms with van der Waals surface area (Å²) in [4.78, 5) is 31.9. The maximum atomic E-state index is 12.2. The summed E-state index contributed by atoms with van der Waals surface area (Å²) in [5.74, 6) is -0.325. The largest absolute Gasteiger partial charge is 0.326 e. The number of amides is 2. The highest BCUT2D eigenvalue weighted by molar-refractivity contribution is 7.14. The third kappa shape index (κ3) is 3.94. The molecule has 0 aliphatic carbocycles. The second-order valence-electron chi connectivity index (χ2n) is 5.89. The monoisotopic (exact) mass is 366 g/mol. The van der Waals surface area contributed by atoms with E-state index in [1.807, 2.05) is 31.4 Å². The Kier molecular flexibility index (Phi) is 5.09. The number of carbonyl (C=O) groups excluding carboxylic acids is 2. The van der Waals surface area contributed by atoms with Crippen LogP contribution in [0.2, 0.25) is 0 Å². The van der Waals surface area contributed by atoms with Crippen LogP contribution in [0, 0.1) is 13.8 Å². The number of aryl methyl sites for hydroxylation is 2. The lowest BCUT2D eigenvalue weighted by atomic mass is 9.99. The van der Waals surface area contributed by atoms with Gasteiger partial charge in [0.1, 0.15) is 0 Å². The number of hydrogen-bond donors (Lipinski definition) is 2. The number of rotatable bonds is 4.